The Morgan fingerprint density at radius 3 is 1.05 bits per heavy atom. The summed E-state index contributed by atoms with van der Waals surface area (Å²) in [6, 6.07) is 24.0. The maximum absolute atomic E-state index is 13.9. The summed E-state index contributed by atoms with van der Waals surface area (Å²) < 4.78 is 50.4. The standard InChI is InChI=1S/C50H60O14/c1-5-9-18-56-46(51)32-60-42-25-39(26-43(29-42)61-33-47(52)57-19-10-6-2)37-22-38(24-41(23-37)50(55)64-31-36-16-14-13-15-17-36)40-27-44(62-34-48(53)58-20-11-7-3)30-45(28-40)63-35-49(54)59-21-12-8-4/h13-17,22-30H,5-12,18-21,31-35H2,1-4H3. The van der Waals surface area contributed by atoms with E-state index in [2.05, 4.69) is 0 Å². The molecule has 0 heterocycles. The van der Waals surface area contributed by atoms with E-state index >= 15 is 0 Å². The number of rotatable bonds is 29. The van der Waals surface area contributed by atoms with Crippen LogP contribution < -0.4 is 18.9 Å². The summed E-state index contributed by atoms with van der Waals surface area (Å²) in [5, 5.41) is 0. The van der Waals surface area contributed by atoms with Crippen molar-refractivity contribution in [2.45, 2.75) is 85.7 Å². The van der Waals surface area contributed by atoms with Crippen molar-refractivity contribution in [1.29, 1.82) is 0 Å². The minimum Gasteiger partial charge on any atom is -0.482 e. The third-order valence-electron chi connectivity index (χ3n) is 9.28. The molecule has 14 heteroatoms. The molecule has 64 heavy (non-hydrogen) atoms. The zero-order valence-corrected chi connectivity index (χ0v) is 37.3. The minimum absolute atomic E-state index is 0.00723. The third-order valence-corrected chi connectivity index (χ3v) is 9.28. The van der Waals surface area contributed by atoms with E-state index in [1.165, 1.54) is 12.1 Å². The van der Waals surface area contributed by atoms with E-state index in [9.17, 15) is 24.0 Å². The van der Waals surface area contributed by atoms with Crippen molar-refractivity contribution in [2.75, 3.05) is 52.9 Å². The van der Waals surface area contributed by atoms with Gasteiger partial charge in [-0.2, -0.15) is 0 Å². The normalized spacial score (nSPS) is 10.6. The molecule has 0 N–H and O–H groups in total. The van der Waals surface area contributed by atoms with Gasteiger partial charge in [-0.1, -0.05) is 83.7 Å². The second-order valence-electron chi connectivity index (χ2n) is 14.7. The Labute approximate surface area is 375 Å². The second kappa shape index (κ2) is 28.2. The Bertz CT molecular complexity index is 1890. The fraction of sp³-hybridized carbons (Fsp3) is 0.420. The Kier molecular flexibility index (Phi) is 22.1. The molecule has 14 nitrogen and oxygen atoms in total. The maximum atomic E-state index is 13.9. The van der Waals surface area contributed by atoms with Gasteiger partial charge in [0.15, 0.2) is 26.4 Å². The molecule has 0 aliphatic heterocycles. The molecule has 4 rings (SSSR count). The van der Waals surface area contributed by atoms with Gasteiger partial charge < -0.3 is 42.6 Å². The molecule has 0 amide bonds. The van der Waals surface area contributed by atoms with Gasteiger partial charge in [-0.3, -0.25) is 0 Å². The van der Waals surface area contributed by atoms with Crippen LogP contribution in [0.4, 0.5) is 0 Å². The minimum atomic E-state index is -0.631. The van der Waals surface area contributed by atoms with Crippen LogP contribution in [0.2, 0.25) is 0 Å². The molecule has 0 saturated carbocycles. The summed E-state index contributed by atoms with van der Waals surface area (Å²) in [6.07, 6.45) is 6.24. The predicted octanol–water partition coefficient (Wildman–Crippen LogP) is 9.27. The van der Waals surface area contributed by atoms with Gasteiger partial charge in [-0.05, 0) is 96.0 Å². The fourth-order valence-corrected chi connectivity index (χ4v) is 5.75. The second-order valence-corrected chi connectivity index (χ2v) is 14.7. The molecule has 0 bridgehead atoms. The van der Waals surface area contributed by atoms with Crippen molar-refractivity contribution in [2.24, 2.45) is 0 Å². The molecular weight excluding hydrogens is 825 g/mol. The number of hydrogen-bond donors (Lipinski definition) is 0. The molecule has 0 aromatic heterocycles. The topological polar surface area (TPSA) is 168 Å². The van der Waals surface area contributed by atoms with Crippen LogP contribution >= 0.6 is 0 Å². The van der Waals surface area contributed by atoms with Crippen molar-refractivity contribution >= 4 is 29.8 Å². The van der Waals surface area contributed by atoms with Gasteiger partial charge in [0.05, 0.1) is 32.0 Å². The highest BCUT2D eigenvalue weighted by Gasteiger charge is 2.18. The number of hydrogen-bond acceptors (Lipinski definition) is 14. The Morgan fingerprint density at radius 2 is 0.719 bits per heavy atom. The SMILES string of the molecule is CCCCOC(=O)COc1cc(OCC(=O)OCCCC)cc(-c2cc(C(=O)OCc3ccccc3)cc(-c3cc(OCC(=O)OCCCC)cc(OCC(=O)OCCCC)c3)c2)c1. The highest BCUT2D eigenvalue weighted by molar-refractivity contribution is 5.94. The molecule has 0 aliphatic carbocycles. The first-order chi connectivity index (χ1) is 31.1. The molecule has 0 aliphatic rings. The van der Waals surface area contributed by atoms with Gasteiger partial charge in [0.1, 0.15) is 29.6 Å². The first kappa shape index (κ1) is 50.1. The first-order valence-electron chi connectivity index (χ1n) is 21.9. The van der Waals surface area contributed by atoms with Gasteiger partial charge in [-0.15, -0.1) is 0 Å². The van der Waals surface area contributed by atoms with Gasteiger partial charge in [-0.25, -0.2) is 24.0 Å². The maximum Gasteiger partial charge on any atom is 0.344 e. The highest BCUT2D eigenvalue weighted by atomic mass is 16.6. The summed E-state index contributed by atoms with van der Waals surface area (Å²) in [6.45, 7) is 7.41. The zero-order valence-electron chi connectivity index (χ0n) is 37.3. The average Bonchev–Trinajstić information content (AvgIpc) is 3.31. The van der Waals surface area contributed by atoms with Crippen LogP contribution in [0.1, 0.15) is 95.0 Å². The van der Waals surface area contributed by atoms with Crippen molar-refractivity contribution in [3.63, 3.8) is 0 Å². The summed E-state index contributed by atoms with van der Waals surface area (Å²) >= 11 is 0. The number of carbonyl (C=O) groups is 5. The van der Waals surface area contributed by atoms with Crippen LogP contribution in [-0.2, 0) is 49.5 Å². The van der Waals surface area contributed by atoms with Gasteiger partial charge >= 0.3 is 29.8 Å². The number of esters is 5. The van der Waals surface area contributed by atoms with Crippen LogP contribution in [0.15, 0.2) is 84.9 Å². The molecule has 0 atom stereocenters. The van der Waals surface area contributed by atoms with E-state index in [1.54, 1.807) is 42.5 Å². The Morgan fingerprint density at radius 1 is 0.391 bits per heavy atom. The van der Waals surface area contributed by atoms with E-state index < -0.39 is 56.3 Å². The Hall–Kier alpha value is -6.57. The van der Waals surface area contributed by atoms with Gasteiger partial charge in [0.25, 0.3) is 0 Å². The van der Waals surface area contributed by atoms with E-state index in [1.807, 2.05) is 58.0 Å². The lowest BCUT2D eigenvalue weighted by molar-refractivity contribution is -0.147. The van der Waals surface area contributed by atoms with Crippen molar-refractivity contribution in [3.05, 3.63) is 96.1 Å². The van der Waals surface area contributed by atoms with E-state index in [4.69, 9.17) is 42.6 Å². The van der Waals surface area contributed by atoms with Crippen LogP contribution in [0.25, 0.3) is 22.3 Å². The zero-order chi connectivity index (χ0) is 45.9. The van der Waals surface area contributed by atoms with Crippen LogP contribution in [-0.4, -0.2) is 82.7 Å². The quantitative estimate of drug-likeness (QED) is 0.0287. The number of unbranched alkanes of at least 4 members (excludes halogenated alkanes) is 4. The number of ether oxygens (including phenoxy) is 9. The monoisotopic (exact) mass is 884 g/mol. The Balaban J connectivity index is 1.79. The molecule has 344 valence electrons. The van der Waals surface area contributed by atoms with Gasteiger partial charge in [0, 0.05) is 12.1 Å². The lowest BCUT2D eigenvalue weighted by Crippen LogP contribution is -2.16. The molecular formula is C50H60O14. The average molecular weight is 885 g/mol. The highest BCUT2D eigenvalue weighted by Crippen LogP contribution is 2.36. The molecule has 0 unspecified atom stereocenters. The number of benzene rings is 4. The predicted molar refractivity (Wildman–Crippen MR) is 238 cm³/mol. The molecule has 0 radical (unpaired) electrons. The van der Waals surface area contributed by atoms with Crippen LogP contribution in [0.3, 0.4) is 0 Å². The van der Waals surface area contributed by atoms with E-state index in [0.29, 0.717) is 47.9 Å². The summed E-state index contributed by atoms with van der Waals surface area (Å²) in [7, 11) is 0. The molecule has 4 aromatic carbocycles. The van der Waals surface area contributed by atoms with Crippen molar-refractivity contribution < 1.29 is 66.6 Å². The summed E-state index contributed by atoms with van der Waals surface area (Å²) in [5.74, 6) is -1.98. The molecule has 0 spiro atoms. The molecule has 0 fully saturated rings. The van der Waals surface area contributed by atoms with Crippen molar-refractivity contribution in [1.82, 2.24) is 0 Å². The summed E-state index contributed by atoms with van der Waals surface area (Å²) in [5.41, 5.74) is 2.90. The lowest BCUT2D eigenvalue weighted by Gasteiger charge is -2.16. The largest absolute Gasteiger partial charge is 0.482 e. The fourth-order valence-electron chi connectivity index (χ4n) is 5.75. The van der Waals surface area contributed by atoms with Gasteiger partial charge in [0.2, 0.25) is 0 Å². The summed E-state index contributed by atoms with van der Waals surface area (Å²) in [4.78, 5) is 64.0. The van der Waals surface area contributed by atoms with Crippen LogP contribution in [0.5, 0.6) is 23.0 Å². The molecule has 0 saturated heterocycles. The molecule has 4 aromatic rings. The lowest BCUT2D eigenvalue weighted by atomic mass is 9.95. The van der Waals surface area contributed by atoms with E-state index in [0.717, 1.165) is 31.2 Å². The van der Waals surface area contributed by atoms with Crippen LogP contribution in [0, 0.1) is 0 Å². The third kappa shape index (κ3) is 18.4. The number of carbonyl (C=O) groups excluding carboxylic acids is 5. The first-order valence-corrected chi connectivity index (χ1v) is 21.9. The smallest absolute Gasteiger partial charge is 0.344 e. The van der Waals surface area contributed by atoms with Crippen molar-refractivity contribution in [3.8, 4) is 45.3 Å². The van der Waals surface area contributed by atoms with E-state index in [-0.39, 0.29) is 61.6 Å².